The zero-order valence-electron chi connectivity index (χ0n) is 17.6. The van der Waals surface area contributed by atoms with Crippen LogP contribution in [-0.4, -0.2) is 61.9 Å². The van der Waals surface area contributed by atoms with Crippen molar-refractivity contribution in [2.75, 3.05) is 26.8 Å². The Morgan fingerprint density at radius 3 is 2.18 bits per heavy atom. The lowest BCUT2D eigenvalue weighted by Crippen LogP contribution is -2.37. The van der Waals surface area contributed by atoms with Crippen molar-refractivity contribution in [2.24, 2.45) is 4.99 Å². The summed E-state index contributed by atoms with van der Waals surface area (Å²) in [7, 11) is 0.545. The number of unbranched alkanes of at least 4 members (excludes halogenated alkanes) is 3. The lowest BCUT2D eigenvalue weighted by atomic mass is 10.2. The molecule has 0 spiro atoms. The van der Waals surface area contributed by atoms with Crippen molar-refractivity contribution in [3.63, 3.8) is 0 Å². The molecule has 1 amide bonds. The van der Waals surface area contributed by atoms with Gasteiger partial charge in [0.25, 0.3) is 8.53 Å². The van der Waals surface area contributed by atoms with Crippen LogP contribution in [0.2, 0.25) is 0 Å². The van der Waals surface area contributed by atoms with E-state index in [0.717, 1.165) is 25.7 Å². The lowest BCUT2D eigenvalue weighted by Gasteiger charge is -2.35. The van der Waals surface area contributed by atoms with Crippen LogP contribution < -0.4 is 5.32 Å². The highest BCUT2D eigenvalue weighted by Crippen LogP contribution is 2.46. The fourth-order valence-corrected chi connectivity index (χ4v) is 4.12. The van der Waals surface area contributed by atoms with E-state index in [0.29, 0.717) is 19.6 Å². The molecule has 0 heterocycles. The van der Waals surface area contributed by atoms with Crippen LogP contribution in [0.1, 0.15) is 59.8 Å². The number of carbonyl (C=O) groups is 1. The van der Waals surface area contributed by atoms with Gasteiger partial charge >= 0.3 is 12.1 Å². The van der Waals surface area contributed by atoms with E-state index in [1.807, 2.05) is 5.32 Å². The number of nitrogens with zero attached hydrogens (tertiary/aromatic N) is 2. The van der Waals surface area contributed by atoms with Crippen LogP contribution in [0.25, 0.3) is 0 Å². The summed E-state index contributed by atoms with van der Waals surface area (Å²) < 4.78 is 50.4. The van der Waals surface area contributed by atoms with E-state index in [1.54, 1.807) is 13.3 Å². The molecule has 1 unspecified atom stereocenters. The third kappa shape index (κ3) is 12.6. The Labute approximate surface area is 168 Å². The summed E-state index contributed by atoms with van der Waals surface area (Å²) in [5, 5.41) is 1.88. The second-order valence-corrected chi connectivity index (χ2v) is 8.32. The lowest BCUT2D eigenvalue weighted by molar-refractivity contribution is -0.173. The summed E-state index contributed by atoms with van der Waals surface area (Å²) in [5.74, 6) is -1.88. The molecule has 166 valence electrons. The van der Waals surface area contributed by atoms with Gasteiger partial charge in [0, 0.05) is 38.3 Å². The van der Waals surface area contributed by atoms with Crippen molar-refractivity contribution < 1.29 is 27.0 Å². The van der Waals surface area contributed by atoms with Crippen LogP contribution in [0.4, 0.5) is 13.2 Å². The molecule has 0 aromatic heterocycles. The van der Waals surface area contributed by atoms with Gasteiger partial charge in [-0.2, -0.15) is 13.2 Å². The molecule has 0 saturated carbocycles. The number of amides is 1. The van der Waals surface area contributed by atoms with Gasteiger partial charge in [0.1, 0.15) is 0 Å². The maximum absolute atomic E-state index is 12.1. The zero-order valence-corrected chi connectivity index (χ0v) is 18.5. The van der Waals surface area contributed by atoms with E-state index in [1.165, 1.54) is 0 Å². The number of rotatable bonds is 15. The molecule has 0 aliphatic carbocycles. The molecule has 6 nitrogen and oxygen atoms in total. The van der Waals surface area contributed by atoms with Crippen molar-refractivity contribution in [2.45, 2.75) is 78.1 Å². The van der Waals surface area contributed by atoms with E-state index in [2.05, 4.69) is 37.4 Å². The predicted octanol–water partition coefficient (Wildman–Crippen LogP) is 4.69. The second kappa shape index (κ2) is 15.1. The number of hydrogen-bond donors (Lipinski definition) is 1. The van der Waals surface area contributed by atoms with Gasteiger partial charge in [-0.15, -0.1) is 0 Å². The molecule has 0 rings (SSSR count). The summed E-state index contributed by atoms with van der Waals surface area (Å²) in [6.07, 6.45) is 0.560. The highest BCUT2D eigenvalue weighted by molar-refractivity contribution is 7.44. The first-order chi connectivity index (χ1) is 13.1. The van der Waals surface area contributed by atoms with Crippen molar-refractivity contribution in [1.29, 1.82) is 0 Å². The summed E-state index contributed by atoms with van der Waals surface area (Å²) in [5.41, 5.74) is 0. The molecule has 0 bridgehead atoms. The number of hydrogen-bond acceptors (Lipinski definition) is 5. The highest BCUT2D eigenvalue weighted by atomic mass is 31.2. The summed E-state index contributed by atoms with van der Waals surface area (Å²) >= 11 is 0. The molecule has 0 fully saturated rings. The Kier molecular flexibility index (Phi) is 14.7. The van der Waals surface area contributed by atoms with Gasteiger partial charge in [0.05, 0.1) is 13.2 Å². The minimum atomic E-state index is -4.81. The largest absolute Gasteiger partial charge is 0.471 e. The Morgan fingerprint density at radius 2 is 1.64 bits per heavy atom. The van der Waals surface area contributed by atoms with Gasteiger partial charge in [0.15, 0.2) is 0 Å². The zero-order chi connectivity index (χ0) is 21.6. The topological polar surface area (TPSA) is 63.2 Å². The van der Waals surface area contributed by atoms with Gasteiger partial charge in [-0.1, -0.05) is 12.8 Å². The Balaban J connectivity index is 4.17. The van der Waals surface area contributed by atoms with Gasteiger partial charge in [-0.05, 0) is 40.5 Å². The molecule has 0 aliphatic rings. The van der Waals surface area contributed by atoms with Crippen LogP contribution in [0.15, 0.2) is 4.99 Å². The molecule has 1 atom stereocenters. The number of aliphatic imine (C=N–C) groups is 1. The first-order valence-corrected chi connectivity index (χ1v) is 10.8. The molecule has 0 aliphatic heterocycles. The van der Waals surface area contributed by atoms with Crippen LogP contribution in [0.3, 0.4) is 0 Å². The van der Waals surface area contributed by atoms with Crippen molar-refractivity contribution >= 4 is 20.6 Å². The number of carbonyl (C=O) groups excluding carboxylic acids is 1. The first kappa shape index (κ1) is 27.2. The smallest absolute Gasteiger partial charge is 0.348 e. The summed E-state index contributed by atoms with van der Waals surface area (Å²) in [6.45, 7) is 9.50. The molecule has 28 heavy (non-hydrogen) atoms. The third-order valence-corrected chi connectivity index (χ3v) is 5.80. The molecule has 0 radical (unpaired) electrons. The van der Waals surface area contributed by atoms with E-state index in [-0.39, 0.29) is 18.6 Å². The minimum absolute atomic E-state index is 0.0302. The normalized spacial score (nSPS) is 13.8. The average molecular weight is 429 g/mol. The van der Waals surface area contributed by atoms with Crippen molar-refractivity contribution in [3.8, 4) is 0 Å². The molecule has 0 aromatic carbocycles. The third-order valence-electron chi connectivity index (χ3n) is 3.69. The maximum Gasteiger partial charge on any atom is 0.471 e. The number of nitrogens with one attached hydrogen (secondary N) is 1. The van der Waals surface area contributed by atoms with Crippen LogP contribution in [0, 0.1) is 0 Å². The van der Waals surface area contributed by atoms with E-state index in [4.69, 9.17) is 9.05 Å². The summed E-state index contributed by atoms with van der Waals surface area (Å²) in [4.78, 5) is 14.6. The Morgan fingerprint density at radius 1 is 1.07 bits per heavy atom. The second-order valence-electron chi connectivity index (χ2n) is 6.87. The molecular formula is C18H35F3N3O3P. The van der Waals surface area contributed by atoms with Gasteiger partial charge in [-0.25, -0.2) is 4.67 Å². The Bertz CT molecular complexity index is 442. The van der Waals surface area contributed by atoms with Crippen molar-refractivity contribution in [1.82, 2.24) is 9.99 Å². The molecular weight excluding hydrogens is 394 g/mol. The SMILES string of the molecule is CN=CCCOP(OCCCCCCNC(=O)C(F)(F)F)N(C(C)C)C(C)C. The monoisotopic (exact) mass is 429 g/mol. The number of alkyl halides is 3. The minimum Gasteiger partial charge on any atom is -0.348 e. The molecule has 10 heteroatoms. The predicted molar refractivity (Wildman–Crippen MR) is 108 cm³/mol. The Hall–Kier alpha value is -0.760. The maximum atomic E-state index is 12.1. The fourth-order valence-electron chi connectivity index (χ4n) is 2.48. The quantitative estimate of drug-likeness (QED) is 0.233. The highest BCUT2D eigenvalue weighted by Gasteiger charge is 2.38. The summed E-state index contributed by atoms with van der Waals surface area (Å²) in [6, 6.07) is 0.561. The van der Waals surface area contributed by atoms with Crippen LogP contribution in [-0.2, 0) is 13.8 Å². The van der Waals surface area contributed by atoms with Crippen LogP contribution in [0.5, 0.6) is 0 Å². The molecule has 0 aromatic rings. The van der Waals surface area contributed by atoms with Gasteiger partial charge in [0.2, 0.25) is 0 Å². The van der Waals surface area contributed by atoms with Gasteiger partial charge in [-0.3, -0.25) is 4.79 Å². The number of halogens is 3. The van der Waals surface area contributed by atoms with E-state index in [9.17, 15) is 18.0 Å². The standard InChI is InChI=1S/C18H35F3N3O3P/c1-15(2)24(16(3)4)28(27-14-10-11-22-5)26-13-9-7-6-8-12-23-17(25)18(19,20)21/h11,15-16H,6-10,12-14H2,1-5H3,(H,23,25). The van der Waals surface area contributed by atoms with Crippen LogP contribution >= 0.6 is 8.53 Å². The fraction of sp³-hybridized carbons (Fsp3) is 0.889. The molecule has 1 N–H and O–H groups in total. The van der Waals surface area contributed by atoms with Crippen molar-refractivity contribution in [3.05, 3.63) is 0 Å². The average Bonchev–Trinajstić information content (AvgIpc) is 2.58. The molecule has 0 saturated heterocycles. The van der Waals surface area contributed by atoms with E-state index < -0.39 is 20.6 Å². The first-order valence-electron chi connectivity index (χ1n) is 9.71. The van der Waals surface area contributed by atoms with Gasteiger partial charge < -0.3 is 19.4 Å². The van der Waals surface area contributed by atoms with E-state index >= 15 is 0 Å².